The molecule has 1 aromatic heterocycles. The fourth-order valence-electron chi connectivity index (χ4n) is 0.764. The fraction of sp³-hybridized carbons (Fsp3) is 0.375. The molecule has 0 aliphatic rings. The number of carbonyl (C=O) groups excluding carboxylic acids is 2. The molecule has 0 radical (unpaired) electrons. The lowest BCUT2D eigenvalue weighted by Gasteiger charge is -1.95. The second-order valence-electron chi connectivity index (χ2n) is 2.42. The monoisotopic (exact) mass is 199 g/mol. The molecule has 1 heterocycles. The van der Waals surface area contributed by atoms with Crippen LogP contribution in [0.2, 0.25) is 0 Å². The number of esters is 1. The van der Waals surface area contributed by atoms with Crippen LogP contribution >= 0.6 is 0 Å². The van der Waals surface area contributed by atoms with E-state index in [1.807, 2.05) is 0 Å². The molecule has 14 heavy (non-hydrogen) atoms. The quantitative estimate of drug-likeness (QED) is 0.504. The fourth-order valence-corrected chi connectivity index (χ4v) is 0.764. The van der Waals surface area contributed by atoms with Gasteiger partial charge in [0, 0.05) is 6.92 Å². The Balaban J connectivity index is 2.42. The first-order valence-electron chi connectivity index (χ1n) is 3.84. The van der Waals surface area contributed by atoms with Crippen LogP contribution in [-0.2, 0) is 32.3 Å². The van der Waals surface area contributed by atoms with Crippen molar-refractivity contribution < 1.29 is 23.5 Å². The van der Waals surface area contributed by atoms with Crippen molar-refractivity contribution in [3.05, 3.63) is 17.8 Å². The first-order chi connectivity index (χ1) is 6.72. The zero-order valence-corrected chi connectivity index (χ0v) is 7.56. The maximum atomic E-state index is 10.4. The first-order valence-corrected chi connectivity index (χ1v) is 3.84. The molecule has 1 rings (SSSR count). The summed E-state index contributed by atoms with van der Waals surface area (Å²) < 4.78 is 14.0. The first kappa shape index (κ1) is 10.2. The van der Waals surface area contributed by atoms with Gasteiger partial charge in [0.2, 0.25) is 5.89 Å². The van der Waals surface area contributed by atoms with Crippen LogP contribution in [0.4, 0.5) is 0 Å². The number of aromatic nitrogens is 1. The number of oxazole rings is 1. The van der Waals surface area contributed by atoms with E-state index in [2.05, 4.69) is 14.5 Å². The van der Waals surface area contributed by atoms with Crippen LogP contribution in [0.25, 0.3) is 0 Å². The van der Waals surface area contributed by atoms with Gasteiger partial charge in [0.1, 0.15) is 18.6 Å². The molecule has 6 heteroatoms. The summed E-state index contributed by atoms with van der Waals surface area (Å²) in [5, 5.41) is 0. The Bertz CT molecular complexity index is 319. The summed E-state index contributed by atoms with van der Waals surface area (Å²) in [6.45, 7) is 1.64. The summed E-state index contributed by atoms with van der Waals surface area (Å²) in [4.78, 5) is 24.2. The van der Waals surface area contributed by atoms with E-state index in [0.29, 0.717) is 12.2 Å². The summed E-state index contributed by atoms with van der Waals surface area (Å²) in [6.07, 6.45) is 1.34. The average Bonchev–Trinajstić information content (AvgIpc) is 2.59. The molecule has 0 amide bonds. The molecule has 0 bridgehead atoms. The topological polar surface area (TPSA) is 78.6 Å². The Morgan fingerprint density at radius 1 is 1.64 bits per heavy atom. The predicted octanol–water partition coefficient (Wildman–Crippen LogP) is 0.411. The largest absolute Gasteiger partial charge is 0.461 e. The molecule has 0 aliphatic heterocycles. The Labute approximate surface area is 79.8 Å². The lowest BCUT2D eigenvalue weighted by molar-refractivity contribution is -0.142. The minimum atomic E-state index is -0.408. The zero-order chi connectivity index (χ0) is 10.4. The number of nitrogens with zero attached hydrogens (tertiary/aromatic N) is 1. The van der Waals surface area contributed by atoms with E-state index in [1.165, 1.54) is 13.2 Å². The highest BCUT2D eigenvalue weighted by Gasteiger charge is 2.05. The van der Waals surface area contributed by atoms with Gasteiger partial charge in [0.25, 0.3) is 6.47 Å². The van der Waals surface area contributed by atoms with Gasteiger partial charge in [-0.3, -0.25) is 9.59 Å². The Kier molecular flexibility index (Phi) is 3.66. The van der Waals surface area contributed by atoms with Crippen LogP contribution in [0.5, 0.6) is 0 Å². The molecule has 6 nitrogen and oxygen atoms in total. The number of hydrogen-bond acceptors (Lipinski definition) is 6. The second kappa shape index (κ2) is 5.00. The molecular formula is C8H9NO5. The van der Waals surface area contributed by atoms with E-state index in [9.17, 15) is 9.59 Å². The van der Waals surface area contributed by atoms with Crippen molar-refractivity contribution in [2.24, 2.45) is 0 Å². The predicted molar refractivity (Wildman–Crippen MR) is 42.8 cm³/mol. The number of rotatable bonds is 5. The van der Waals surface area contributed by atoms with Gasteiger partial charge in [-0.25, -0.2) is 4.98 Å². The summed E-state index contributed by atoms with van der Waals surface area (Å²) in [7, 11) is 0. The van der Waals surface area contributed by atoms with Crippen LogP contribution in [0.15, 0.2) is 10.7 Å². The lowest BCUT2D eigenvalue weighted by atomic mass is 10.5. The molecule has 76 valence electrons. The van der Waals surface area contributed by atoms with E-state index >= 15 is 0 Å². The van der Waals surface area contributed by atoms with Crippen LogP contribution in [0, 0.1) is 0 Å². The van der Waals surface area contributed by atoms with Gasteiger partial charge in [-0.15, -0.1) is 0 Å². The van der Waals surface area contributed by atoms with Crippen molar-refractivity contribution in [2.75, 3.05) is 0 Å². The van der Waals surface area contributed by atoms with Crippen LogP contribution in [0.3, 0.4) is 0 Å². The van der Waals surface area contributed by atoms with Crippen molar-refractivity contribution in [2.45, 2.75) is 20.1 Å². The summed E-state index contributed by atoms with van der Waals surface area (Å²) >= 11 is 0. The Hall–Kier alpha value is -1.85. The zero-order valence-electron chi connectivity index (χ0n) is 7.56. The highest BCUT2D eigenvalue weighted by molar-refractivity contribution is 5.65. The van der Waals surface area contributed by atoms with Gasteiger partial charge in [0.15, 0.2) is 6.61 Å². The third kappa shape index (κ3) is 3.26. The summed E-state index contributed by atoms with van der Waals surface area (Å²) in [5.41, 5.74) is 0.472. The molecule has 0 atom stereocenters. The normalized spacial score (nSPS) is 9.50. The van der Waals surface area contributed by atoms with E-state index in [4.69, 9.17) is 4.42 Å². The van der Waals surface area contributed by atoms with E-state index in [0.717, 1.165) is 0 Å². The van der Waals surface area contributed by atoms with Crippen LogP contribution in [0.1, 0.15) is 18.5 Å². The maximum Gasteiger partial charge on any atom is 0.303 e. The van der Waals surface area contributed by atoms with Crippen LogP contribution < -0.4 is 0 Å². The molecule has 1 aromatic rings. The van der Waals surface area contributed by atoms with E-state index < -0.39 is 5.97 Å². The molecule has 0 aromatic carbocycles. The minimum absolute atomic E-state index is 0.0174. The van der Waals surface area contributed by atoms with Gasteiger partial charge >= 0.3 is 5.97 Å². The molecule has 0 aliphatic carbocycles. The highest BCUT2D eigenvalue weighted by Crippen LogP contribution is 2.04. The molecule has 0 N–H and O–H groups in total. The molecule has 0 fully saturated rings. The van der Waals surface area contributed by atoms with Crippen molar-refractivity contribution in [1.82, 2.24) is 4.98 Å². The Morgan fingerprint density at radius 2 is 2.43 bits per heavy atom. The number of ether oxygens (including phenoxy) is 2. The highest BCUT2D eigenvalue weighted by atomic mass is 16.5. The van der Waals surface area contributed by atoms with Gasteiger partial charge in [-0.2, -0.15) is 0 Å². The SMILES string of the molecule is CC(=O)OCc1nc(COC=O)co1. The van der Waals surface area contributed by atoms with Gasteiger partial charge in [-0.05, 0) is 0 Å². The van der Waals surface area contributed by atoms with E-state index in [-0.39, 0.29) is 19.1 Å². The second-order valence-corrected chi connectivity index (χ2v) is 2.42. The molecular weight excluding hydrogens is 190 g/mol. The smallest absolute Gasteiger partial charge is 0.303 e. The van der Waals surface area contributed by atoms with E-state index in [1.54, 1.807) is 0 Å². The molecule has 0 saturated carbocycles. The van der Waals surface area contributed by atoms with Crippen molar-refractivity contribution in [1.29, 1.82) is 0 Å². The maximum absolute atomic E-state index is 10.4. The molecule has 0 saturated heterocycles. The van der Waals surface area contributed by atoms with Crippen molar-refractivity contribution in [3.8, 4) is 0 Å². The van der Waals surface area contributed by atoms with Crippen molar-refractivity contribution in [3.63, 3.8) is 0 Å². The molecule has 0 unspecified atom stereocenters. The summed E-state index contributed by atoms with van der Waals surface area (Å²) in [5.74, 6) is -0.140. The van der Waals surface area contributed by atoms with Gasteiger partial charge in [0.05, 0.1) is 0 Å². The van der Waals surface area contributed by atoms with Crippen LogP contribution in [-0.4, -0.2) is 17.4 Å². The lowest BCUT2D eigenvalue weighted by Crippen LogP contribution is -1.99. The minimum Gasteiger partial charge on any atom is -0.461 e. The molecule has 0 spiro atoms. The van der Waals surface area contributed by atoms with Crippen molar-refractivity contribution >= 4 is 12.4 Å². The summed E-state index contributed by atoms with van der Waals surface area (Å²) in [6, 6.07) is 0. The number of hydrogen-bond donors (Lipinski definition) is 0. The Morgan fingerprint density at radius 3 is 3.07 bits per heavy atom. The number of carbonyl (C=O) groups is 2. The standard InChI is InChI=1S/C8H9NO5/c1-6(11)13-4-8-9-7(3-14-8)2-12-5-10/h3,5H,2,4H2,1H3. The van der Waals surface area contributed by atoms with Gasteiger partial charge < -0.3 is 13.9 Å². The third-order valence-electron chi connectivity index (χ3n) is 1.30. The average molecular weight is 199 g/mol. The van der Waals surface area contributed by atoms with Gasteiger partial charge in [-0.1, -0.05) is 0 Å². The third-order valence-corrected chi connectivity index (χ3v) is 1.30.